The molecule has 1 saturated heterocycles. The van der Waals surface area contributed by atoms with Crippen LogP contribution in [0.1, 0.15) is 37.8 Å². The molecule has 174 valence electrons. The molecule has 0 bridgehead atoms. The number of nitrogens with two attached hydrogens (primary N) is 1. The Morgan fingerprint density at radius 3 is 2.91 bits per heavy atom. The van der Waals surface area contributed by atoms with Crippen molar-refractivity contribution in [2.75, 3.05) is 18.8 Å². The van der Waals surface area contributed by atoms with E-state index in [-0.39, 0.29) is 17.9 Å². The SMILES string of the molecule is Cc1cccc(-c2sc(N)nc2C(=O)N2C[C@H]3C[C@H]3[C@H]2CNC(=O)c2sc3nccn3c2C)c1. The minimum atomic E-state index is -0.122. The minimum absolute atomic E-state index is 0.0425. The number of anilines is 1. The Morgan fingerprint density at radius 1 is 1.26 bits per heavy atom. The fraction of sp³-hybridized carbons (Fsp3) is 0.333. The molecule has 3 N–H and O–H groups in total. The predicted molar refractivity (Wildman–Crippen MR) is 133 cm³/mol. The maximum absolute atomic E-state index is 13.7. The number of thiazole rings is 2. The summed E-state index contributed by atoms with van der Waals surface area (Å²) in [5, 5.41) is 3.46. The second-order valence-corrected chi connectivity index (χ2v) is 11.1. The van der Waals surface area contributed by atoms with E-state index in [9.17, 15) is 9.59 Å². The van der Waals surface area contributed by atoms with Crippen LogP contribution < -0.4 is 11.1 Å². The molecule has 6 rings (SSSR count). The Labute approximate surface area is 204 Å². The van der Waals surface area contributed by atoms with Gasteiger partial charge in [-0.3, -0.25) is 14.0 Å². The van der Waals surface area contributed by atoms with Crippen molar-refractivity contribution in [1.29, 1.82) is 0 Å². The number of nitrogens with one attached hydrogen (secondary N) is 1. The highest BCUT2D eigenvalue weighted by atomic mass is 32.1. The summed E-state index contributed by atoms with van der Waals surface area (Å²) in [5.41, 5.74) is 9.38. The molecule has 2 aliphatic rings. The van der Waals surface area contributed by atoms with Gasteiger partial charge in [0.05, 0.1) is 10.9 Å². The van der Waals surface area contributed by atoms with Gasteiger partial charge in [-0.1, -0.05) is 52.5 Å². The number of fused-ring (bicyclic) bond motifs is 2. The number of aromatic nitrogens is 3. The number of rotatable bonds is 5. The summed E-state index contributed by atoms with van der Waals surface area (Å²) in [4.78, 5) is 39.5. The average Bonchev–Trinajstić information content (AvgIpc) is 3.18. The fourth-order valence-corrected chi connectivity index (χ4v) is 6.87. The summed E-state index contributed by atoms with van der Waals surface area (Å²) in [6, 6.07) is 7.98. The first-order valence-electron chi connectivity index (χ1n) is 11.3. The largest absolute Gasteiger partial charge is 0.375 e. The number of carbonyl (C=O) groups excluding carboxylic acids is 2. The van der Waals surface area contributed by atoms with Crippen LogP contribution in [0.3, 0.4) is 0 Å². The molecule has 1 saturated carbocycles. The van der Waals surface area contributed by atoms with E-state index in [1.807, 2.05) is 53.6 Å². The van der Waals surface area contributed by atoms with Crippen LogP contribution in [0.4, 0.5) is 5.13 Å². The lowest BCUT2D eigenvalue weighted by atomic mass is 10.1. The van der Waals surface area contributed by atoms with Gasteiger partial charge in [0.1, 0.15) is 10.6 Å². The molecule has 10 heteroatoms. The summed E-state index contributed by atoms with van der Waals surface area (Å²) in [7, 11) is 0. The number of carbonyl (C=O) groups is 2. The second-order valence-electron chi connectivity index (χ2n) is 9.09. The highest BCUT2D eigenvalue weighted by molar-refractivity contribution is 7.19. The number of hydrogen-bond donors (Lipinski definition) is 2. The lowest BCUT2D eigenvalue weighted by molar-refractivity contribution is 0.0691. The molecule has 1 aliphatic carbocycles. The molecular formula is C24H24N6O2S2. The van der Waals surface area contributed by atoms with Gasteiger partial charge >= 0.3 is 0 Å². The number of benzene rings is 1. The van der Waals surface area contributed by atoms with E-state index >= 15 is 0 Å². The molecule has 1 aromatic carbocycles. The van der Waals surface area contributed by atoms with Crippen LogP contribution in [0.15, 0.2) is 36.7 Å². The van der Waals surface area contributed by atoms with Crippen LogP contribution in [-0.4, -0.2) is 50.2 Å². The first kappa shape index (κ1) is 21.3. The number of piperidine rings is 1. The van der Waals surface area contributed by atoms with Gasteiger partial charge in [-0.05, 0) is 37.7 Å². The first-order valence-corrected chi connectivity index (χ1v) is 12.9. The van der Waals surface area contributed by atoms with Crippen molar-refractivity contribution in [2.24, 2.45) is 11.8 Å². The normalized spacial score (nSPS) is 21.1. The third-order valence-corrected chi connectivity index (χ3v) is 8.96. The Morgan fingerprint density at radius 2 is 2.12 bits per heavy atom. The second kappa shape index (κ2) is 7.92. The standard InChI is InChI=1S/C24H24N6O2S2/c1-12-4-3-5-14(8-12)20-18(28-23(25)33-20)22(32)30-11-15-9-16(15)17(30)10-27-21(31)19-13(2)29-7-6-26-24(29)34-19/h3-8,15-17H,9-11H2,1-2H3,(H2,25,28)(H,27,31)/t15-,16-,17-/m1/s1. The predicted octanol–water partition coefficient (Wildman–Crippen LogP) is 3.61. The van der Waals surface area contributed by atoms with E-state index in [0.29, 0.717) is 40.6 Å². The molecule has 0 unspecified atom stereocenters. The van der Waals surface area contributed by atoms with Crippen LogP contribution in [0.25, 0.3) is 15.4 Å². The Hall–Kier alpha value is -3.24. The van der Waals surface area contributed by atoms with E-state index in [4.69, 9.17) is 5.73 Å². The minimum Gasteiger partial charge on any atom is -0.375 e. The molecule has 3 atom stereocenters. The van der Waals surface area contributed by atoms with Gasteiger partial charge in [-0.15, -0.1) is 0 Å². The lowest BCUT2D eigenvalue weighted by Crippen LogP contribution is -2.45. The van der Waals surface area contributed by atoms with Crippen molar-refractivity contribution in [3.05, 3.63) is 58.5 Å². The highest BCUT2D eigenvalue weighted by Crippen LogP contribution is 2.50. The van der Waals surface area contributed by atoms with Crippen molar-refractivity contribution >= 4 is 44.6 Å². The van der Waals surface area contributed by atoms with Crippen LogP contribution >= 0.6 is 22.7 Å². The van der Waals surface area contributed by atoms with Crippen molar-refractivity contribution in [2.45, 2.75) is 26.3 Å². The Kier molecular flexibility index (Phi) is 4.96. The van der Waals surface area contributed by atoms with Crippen molar-refractivity contribution in [3.8, 4) is 10.4 Å². The Balaban J connectivity index is 1.23. The number of likely N-dealkylation sites (tertiary alicyclic amines) is 1. The summed E-state index contributed by atoms with van der Waals surface area (Å²) < 4.78 is 1.92. The summed E-state index contributed by atoms with van der Waals surface area (Å²) in [6.45, 7) is 5.06. The molecule has 2 amide bonds. The van der Waals surface area contributed by atoms with E-state index < -0.39 is 0 Å². The molecule has 1 aliphatic heterocycles. The maximum Gasteiger partial charge on any atom is 0.274 e. The zero-order valence-electron chi connectivity index (χ0n) is 18.8. The van der Waals surface area contributed by atoms with Crippen molar-refractivity contribution in [3.63, 3.8) is 0 Å². The van der Waals surface area contributed by atoms with E-state index in [1.165, 1.54) is 22.7 Å². The Bertz CT molecular complexity index is 1440. The van der Waals surface area contributed by atoms with Gasteiger partial charge in [-0.25, -0.2) is 9.97 Å². The molecule has 0 spiro atoms. The zero-order chi connectivity index (χ0) is 23.6. The van der Waals surface area contributed by atoms with Crippen LogP contribution in [0.2, 0.25) is 0 Å². The number of aryl methyl sites for hydroxylation is 2. The molecule has 4 aromatic rings. The van der Waals surface area contributed by atoms with E-state index in [2.05, 4.69) is 15.3 Å². The quantitative estimate of drug-likeness (QED) is 0.443. The molecular weight excluding hydrogens is 468 g/mol. The monoisotopic (exact) mass is 492 g/mol. The van der Waals surface area contributed by atoms with Crippen molar-refractivity contribution < 1.29 is 9.59 Å². The summed E-state index contributed by atoms with van der Waals surface area (Å²) in [5.74, 6) is 0.685. The van der Waals surface area contributed by atoms with Crippen LogP contribution in [0.5, 0.6) is 0 Å². The maximum atomic E-state index is 13.7. The molecule has 0 radical (unpaired) electrons. The molecule has 3 aromatic heterocycles. The number of imidazole rings is 1. The van der Waals surface area contributed by atoms with Gasteiger partial charge in [-0.2, -0.15) is 0 Å². The highest BCUT2D eigenvalue weighted by Gasteiger charge is 2.54. The number of nitrogens with zero attached hydrogens (tertiary/aromatic N) is 4. The molecule has 2 fully saturated rings. The number of amides is 2. The molecule has 4 heterocycles. The average molecular weight is 493 g/mol. The van der Waals surface area contributed by atoms with Gasteiger partial charge < -0.3 is 16.0 Å². The smallest absolute Gasteiger partial charge is 0.274 e. The molecule has 34 heavy (non-hydrogen) atoms. The van der Waals surface area contributed by atoms with E-state index in [1.54, 1.807) is 6.20 Å². The van der Waals surface area contributed by atoms with Gasteiger partial charge in [0.15, 0.2) is 10.1 Å². The molecule has 8 nitrogen and oxygen atoms in total. The third kappa shape index (κ3) is 3.48. The van der Waals surface area contributed by atoms with Gasteiger partial charge in [0, 0.05) is 31.2 Å². The first-order chi connectivity index (χ1) is 16.4. The fourth-order valence-electron chi connectivity index (χ4n) is 5.05. The van der Waals surface area contributed by atoms with Gasteiger partial charge in [0.2, 0.25) is 0 Å². The number of nitrogen functional groups attached to an aromatic ring is 1. The zero-order valence-corrected chi connectivity index (χ0v) is 20.4. The van der Waals surface area contributed by atoms with E-state index in [0.717, 1.165) is 33.1 Å². The summed E-state index contributed by atoms with van der Waals surface area (Å²) >= 11 is 2.72. The van der Waals surface area contributed by atoms with Crippen molar-refractivity contribution in [1.82, 2.24) is 24.6 Å². The topological polar surface area (TPSA) is 106 Å². The van der Waals surface area contributed by atoms with Crippen LogP contribution in [0, 0.1) is 25.7 Å². The summed E-state index contributed by atoms with van der Waals surface area (Å²) in [6.07, 6.45) is 4.68. The van der Waals surface area contributed by atoms with Crippen LogP contribution in [-0.2, 0) is 0 Å². The number of hydrogen-bond acceptors (Lipinski definition) is 7. The third-order valence-electron chi connectivity index (χ3n) is 6.86. The van der Waals surface area contributed by atoms with Gasteiger partial charge in [0.25, 0.3) is 11.8 Å². The lowest BCUT2D eigenvalue weighted by Gasteiger charge is -2.27.